The number of anilines is 1. The number of sulfone groups is 1. The van der Waals surface area contributed by atoms with Crippen molar-refractivity contribution in [2.75, 3.05) is 16.8 Å². The van der Waals surface area contributed by atoms with Crippen molar-refractivity contribution in [1.82, 2.24) is 0 Å². The van der Waals surface area contributed by atoms with Gasteiger partial charge in [0.1, 0.15) is 5.75 Å². The van der Waals surface area contributed by atoms with Crippen molar-refractivity contribution in [1.29, 1.82) is 0 Å². The highest BCUT2D eigenvalue weighted by molar-refractivity contribution is 7.92. The van der Waals surface area contributed by atoms with Gasteiger partial charge in [-0.05, 0) is 24.6 Å². The fourth-order valence-electron chi connectivity index (χ4n) is 1.35. The number of rotatable bonds is 5. The molecule has 0 saturated carbocycles. The quantitative estimate of drug-likeness (QED) is 0.844. The van der Waals surface area contributed by atoms with E-state index in [0.717, 1.165) is 5.56 Å². The number of aryl methyl sites for hydroxylation is 1. The zero-order chi connectivity index (χ0) is 13.8. The molecule has 1 aromatic rings. The first-order valence-corrected chi connectivity index (χ1v) is 7.41. The molecule has 6 heteroatoms. The van der Waals surface area contributed by atoms with Crippen LogP contribution in [0.2, 0.25) is 5.02 Å². The minimum Gasteiger partial charge on any atom is -0.325 e. The second kappa shape index (κ2) is 6.02. The van der Waals surface area contributed by atoms with Gasteiger partial charge in [0.15, 0.2) is 9.84 Å². The van der Waals surface area contributed by atoms with Gasteiger partial charge in [-0.1, -0.05) is 23.7 Å². The number of carbonyl (C=O) groups excluding carboxylic acids is 1. The molecule has 0 heterocycles. The van der Waals surface area contributed by atoms with Gasteiger partial charge in [0.05, 0.1) is 5.75 Å². The summed E-state index contributed by atoms with van der Waals surface area (Å²) in [4.78, 5) is 11.6. The van der Waals surface area contributed by atoms with E-state index in [1.54, 1.807) is 25.1 Å². The molecule has 0 bridgehead atoms. The lowest BCUT2D eigenvalue weighted by atomic mass is 10.2. The number of hydrogen-bond acceptors (Lipinski definition) is 3. The summed E-state index contributed by atoms with van der Waals surface area (Å²) in [5.41, 5.74) is 1.33. The van der Waals surface area contributed by atoms with E-state index in [9.17, 15) is 13.2 Å². The van der Waals surface area contributed by atoms with Crippen molar-refractivity contribution in [2.24, 2.45) is 0 Å². The van der Waals surface area contributed by atoms with Crippen LogP contribution in [0.4, 0.5) is 5.69 Å². The second-order valence-corrected chi connectivity index (χ2v) is 6.40. The molecule has 18 heavy (non-hydrogen) atoms. The van der Waals surface area contributed by atoms with E-state index in [1.807, 2.05) is 0 Å². The van der Waals surface area contributed by atoms with Crippen LogP contribution in [0.15, 0.2) is 30.9 Å². The van der Waals surface area contributed by atoms with E-state index in [0.29, 0.717) is 10.7 Å². The predicted molar refractivity (Wildman–Crippen MR) is 73.7 cm³/mol. The van der Waals surface area contributed by atoms with Crippen LogP contribution in [-0.4, -0.2) is 25.8 Å². The van der Waals surface area contributed by atoms with E-state index in [-0.39, 0.29) is 5.75 Å². The average Bonchev–Trinajstić information content (AvgIpc) is 2.22. The molecular weight excluding hydrogens is 274 g/mol. The van der Waals surface area contributed by atoms with Gasteiger partial charge >= 0.3 is 0 Å². The SMILES string of the molecule is C=CCS(=O)(=O)CC(=O)Nc1cc(Cl)ccc1C. The van der Waals surface area contributed by atoms with E-state index < -0.39 is 21.5 Å². The van der Waals surface area contributed by atoms with Crippen molar-refractivity contribution < 1.29 is 13.2 Å². The number of nitrogens with one attached hydrogen (secondary N) is 1. The van der Waals surface area contributed by atoms with Crippen LogP contribution in [0.3, 0.4) is 0 Å². The first-order chi connectivity index (χ1) is 8.34. The Labute approximate surface area is 112 Å². The lowest BCUT2D eigenvalue weighted by Gasteiger charge is -2.08. The van der Waals surface area contributed by atoms with Gasteiger partial charge in [0.25, 0.3) is 0 Å². The van der Waals surface area contributed by atoms with Crippen LogP contribution in [0.1, 0.15) is 5.56 Å². The Morgan fingerprint density at radius 1 is 1.50 bits per heavy atom. The van der Waals surface area contributed by atoms with Gasteiger partial charge in [0, 0.05) is 10.7 Å². The largest absolute Gasteiger partial charge is 0.325 e. The first kappa shape index (κ1) is 14.7. The maximum Gasteiger partial charge on any atom is 0.239 e. The topological polar surface area (TPSA) is 63.2 Å². The van der Waals surface area contributed by atoms with E-state index in [4.69, 9.17) is 11.6 Å². The van der Waals surface area contributed by atoms with E-state index >= 15 is 0 Å². The molecular formula is C12H14ClNO3S. The summed E-state index contributed by atoms with van der Waals surface area (Å²) >= 11 is 5.80. The number of amides is 1. The normalized spacial score (nSPS) is 11.0. The standard InChI is InChI=1S/C12H14ClNO3S/c1-3-6-18(16,17)8-12(15)14-11-7-10(13)5-4-9(11)2/h3-5,7H,1,6,8H2,2H3,(H,14,15). The fourth-order valence-corrected chi connectivity index (χ4v) is 2.47. The minimum atomic E-state index is -3.44. The zero-order valence-corrected chi connectivity index (χ0v) is 11.5. The Morgan fingerprint density at radius 3 is 2.78 bits per heavy atom. The summed E-state index contributed by atoms with van der Waals surface area (Å²) in [6.07, 6.45) is 1.26. The van der Waals surface area contributed by atoms with Crippen LogP contribution in [-0.2, 0) is 14.6 Å². The molecule has 1 aromatic carbocycles. The number of benzene rings is 1. The third kappa shape index (κ3) is 4.50. The van der Waals surface area contributed by atoms with Gasteiger partial charge in [0.2, 0.25) is 5.91 Å². The van der Waals surface area contributed by atoms with Gasteiger partial charge in [-0.25, -0.2) is 8.42 Å². The monoisotopic (exact) mass is 287 g/mol. The van der Waals surface area contributed by atoms with Crippen molar-refractivity contribution in [3.63, 3.8) is 0 Å². The molecule has 0 fully saturated rings. The molecule has 0 aliphatic carbocycles. The molecule has 0 spiro atoms. The molecule has 0 aliphatic rings. The highest BCUT2D eigenvalue weighted by atomic mass is 35.5. The Hall–Kier alpha value is -1.33. The molecule has 0 aromatic heterocycles. The van der Waals surface area contributed by atoms with E-state index in [1.165, 1.54) is 6.08 Å². The highest BCUT2D eigenvalue weighted by Gasteiger charge is 2.15. The molecule has 4 nitrogen and oxygen atoms in total. The summed E-state index contributed by atoms with van der Waals surface area (Å²) < 4.78 is 22.8. The molecule has 98 valence electrons. The summed E-state index contributed by atoms with van der Waals surface area (Å²) in [6, 6.07) is 5.02. The number of halogens is 1. The summed E-state index contributed by atoms with van der Waals surface area (Å²) in [5, 5.41) is 3.01. The van der Waals surface area contributed by atoms with Gasteiger partial charge < -0.3 is 5.32 Å². The van der Waals surface area contributed by atoms with Crippen LogP contribution in [0.25, 0.3) is 0 Å². The van der Waals surface area contributed by atoms with Crippen LogP contribution < -0.4 is 5.32 Å². The van der Waals surface area contributed by atoms with E-state index in [2.05, 4.69) is 11.9 Å². The Bertz CT molecular complexity index is 567. The fraction of sp³-hybridized carbons (Fsp3) is 0.250. The predicted octanol–water partition coefficient (Wildman–Crippen LogP) is 2.19. The van der Waals surface area contributed by atoms with Crippen molar-refractivity contribution in [3.05, 3.63) is 41.4 Å². The maximum atomic E-state index is 11.6. The third-order valence-corrected chi connectivity index (χ3v) is 3.88. The first-order valence-electron chi connectivity index (χ1n) is 5.21. The van der Waals surface area contributed by atoms with Gasteiger partial charge in [-0.3, -0.25) is 4.79 Å². The van der Waals surface area contributed by atoms with Crippen LogP contribution in [0, 0.1) is 6.92 Å². The minimum absolute atomic E-state index is 0.213. The zero-order valence-electron chi connectivity index (χ0n) is 9.94. The van der Waals surface area contributed by atoms with Gasteiger partial charge in [-0.15, -0.1) is 6.58 Å². The molecule has 1 amide bonds. The summed E-state index contributed by atoms with van der Waals surface area (Å²) in [5.74, 6) is -1.36. The lowest BCUT2D eigenvalue weighted by Crippen LogP contribution is -2.24. The molecule has 1 N–H and O–H groups in total. The Kier molecular flexibility index (Phi) is 4.93. The Balaban J connectivity index is 2.76. The number of carbonyl (C=O) groups is 1. The molecule has 0 unspecified atom stereocenters. The Morgan fingerprint density at radius 2 is 2.17 bits per heavy atom. The molecule has 0 aliphatic heterocycles. The highest BCUT2D eigenvalue weighted by Crippen LogP contribution is 2.20. The van der Waals surface area contributed by atoms with Crippen molar-refractivity contribution >= 4 is 33.0 Å². The van der Waals surface area contributed by atoms with Crippen molar-refractivity contribution in [3.8, 4) is 0 Å². The molecule has 0 saturated heterocycles. The van der Waals surface area contributed by atoms with Crippen LogP contribution in [0.5, 0.6) is 0 Å². The molecule has 0 atom stereocenters. The summed E-state index contributed by atoms with van der Waals surface area (Å²) in [6.45, 7) is 5.13. The maximum absolute atomic E-state index is 11.6. The molecule has 0 radical (unpaired) electrons. The van der Waals surface area contributed by atoms with Crippen LogP contribution >= 0.6 is 11.6 Å². The smallest absolute Gasteiger partial charge is 0.239 e. The second-order valence-electron chi connectivity index (χ2n) is 3.85. The van der Waals surface area contributed by atoms with Crippen molar-refractivity contribution in [2.45, 2.75) is 6.92 Å². The van der Waals surface area contributed by atoms with Gasteiger partial charge in [-0.2, -0.15) is 0 Å². The molecule has 1 rings (SSSR count). The number of hydrogen-bond donors (Lipinski definition) is 1. The summed E-state index contributed by atoms with van der Waals surface area (Å²) in [7, 11) is -3.44. The third-order valence-electron chi connectivity index (χ3n) is 2.20. The average molecular weight is 288 g/mol. The lowest BCUT2D eigenvalue weighted by molar-refractivity contribution is -0.113.